The highest BCUT2D eigenvalue weighted by Crippen LogP contribution is 2.39. The van der Waals surface area contributed by atoms with Gasteiger partial charge in [-0.2, -0.15) is 0 Å². The standard InChI is InChI=1S/C13H18OSi/c1-15(2,3)10-9-12-13(14-12)11-7-5-4-6-8-11/h4-10,12-13H,1-3H3/b10-9+. The van der Waals surface area contributed by atoms with Crippen molar-refractivity contribution < 1.29 is 4.74 Å². The fourth-order valence-electron chi connectivity index (χ4n) is 1.56. The largest absolute Gasteiger partial charge is 0.360 e. The number of epoxide rings is 1. The number of ether oxygens (including phenoxy) is 1. The summed E-state index contributed by atoms with van der Waals surface area (Å²) in [7, 11) is -1.07. The maximum absolute atomic E-state index is 5.63. The van der Waals surface area contributed by atoms with Crippen molar-refractivity contribution in [1.82, 2.24) is 0 Å². The highest BCUT2D eigenvalue weighted by molar-refractivity contribution is 6.80. The number of hydrogen-bond donors (Lipinski definition) is 0. The normalized spacial score (nSPS) is 25.8. The molecular formula is C13H18OSi. The van der Waals surface area contributed by atoms with Crippen molar-refractivity contribution >= 4 is 8.07 Å². The Kier molecular flexibility index (Phi) is 2.80. The zero-order chi connectivity index (χ0) is 10.9. The van der Waals surface area contributed by atoms with Crippen molar-refractivity contribution in [2.24, 2.45) is 0 Å². The van der Waals surface area contributed by atoms with Gasteiger partial charge in [0.05, 0.1) is 8.07 Å². The average Bonchev–Trinajstić information content (AvgIpc) is 2.94. The maximum atomic E-state index is 5.63. The molecule has 1 fully saturated rings. The molecule has 80 valence electrons. The van der Waals surface area contributed by atoms with Gasteiger partial charge in [-0.25, -0.2) is 0 Å². The Bertz CT molecular complexity index is 351. The third-order valence-electron chi connectivity index (χ3n) is 2.44. The minimum atomic E-state index is -1.07. The van der Waals surface area contributed by atoms with Gasteiger partial charge in [0.2, 0.25) is 0 Å². The molecule has 2 rings (SSSR count). The van der Waals surface area contributed by atoms with E-state index in [1.807, 2.05) is 6.07 Å². The molecule has 2 heteroatoms. The quantitative estimate of drug-likeness (QED) is 0.558. The first kappa shape index (κ1) is 10.6. The van der Waals surface area contributed by atoms with Crippen molar-refractivity contribution in [2.45, 2.75) is 31.8 Å². The lowest BCUT2D eigenvalue weighted by molar-refractivity contribution is 0.394. The maximum Gasteiger partial charge on any atom is 0.113 e. The molecule has 1 heterocycles. The van der Waals surface area contributed by atoms with Crippen molar-refractivity contribution in [2.75, 3.05) is 0 Å². The number of benzene rings is 1. The molecule has 0 aliphatic carbocycles. The first-order valence-corrected chi connectivity index (χ1v) is 9.04. The van der Waals surface area contributed by atoms with Crippen molar-refractivity contribution in [3.05, 3.63) is 47.7 Å². The lowest BCUT2D eigenvalue weighted by Crippen LogP contribution is -2.15. The Morgan fingerprint density at radius 1 is 1.13 bits per heavy atom. The van der Waals surface area contributed by atoms with Crippen LogP contribution in [0.5, 0.6) is 0 Å². The summed E-state index contributed by atoms with van der Waals surface area (Å²) in [6, 6.07) is 10.4. The van der Waals surface area contributed by atoms with Gasteiger partial charge >= 0.3 is 0 Å². The Morgan fingerprint density at radius 3 is 2.40 bits per heavy atom. The van der Waals surface area contributed by atoms with Crippen LogP contribution < -0.4 is 0 Å². The van der Waals surface area contributed by atoms with Gasteiger partial charge in [-0.3, -0.25) is 0 Å². The average molecular weight is 218 g/mol. The molecule has 0 aromatic heterocycles. The van der Waals surface area contributed by atoms with E-state index in [2.05, 4.69) is 55.7 Å². The van der Waals surface area contributed by atoms with Gasteiger partial charge in [0.15, 0.2) is 0 Å². The van der Waals surface area contributed by atoms with Crippen LogP contribution in [0.2, 0.25) is 19.6 Å². The SMILES string of the molecule is C[Si](C)(C)/C=C/C1OC1c1ccccc1. The Labute approximate surface area is 92.8 Å². The summed E-state index contributed by atoms with van der Waals surface area (Å²) in [6.45, 7) is 7.01. The van der Waals surface area contributed by atoms with Gasteiger partial charge in [0.25, 0.3) is 0 Å². The predicted octanol–water partition coefficient (Wildman–Crippen LogP) is 3.56. The van der Waals surface area contributed by atoms with Crippen LogP contribution in [-0.4, -0.2) is 14.2 Å². The first-order chi connectivity index (χ1) is 7.06. The molecule has 0 spiro atoms. The third-order valence-corrected chi connectivity index (χ3v) is 3.63. The molecule has 0 N–H and O–H groups in total. The van der Waals surface area contributed by atoms with Crippen molar-refractivity contribution in [3.8, 4) is 0 Å². The van der Waals surface area contributed by atoms with E-state index in [0.29, 0.717) is 12.2 Å². The van der Waals surface area contributed by atoms with Crippen LogP contribution in [0.4, 0.5) is 0 Å². The van der Waals surface area contributed by atoms with Crippen LogP contribution >= 0.6 is 0 Å². The van der Waals surface area contributed by atoms with Gasteiger partial charge in [-0.15, -0.1) is 0 Å². The molecule has 0 amide bonds. The highest BCUT2D eigenvalue weighted by atomic mass is 28.3. The molecular weight excluding hydrogens is 200 g/mol. The molecule has 15 heavy (non-hydrogen) atoms. The zero-order valence-corrected chi connectivity index (χ0v) is 10.6. The van der Waals surface area contributed by atoms with E-state index in [1.165, 1.54) is 5.56 Å². The van der Waals surface area contributed by atoms with Crippen LogP contribution in [0.3, 0.4) is 0 Å². The molecule has 0 saturated carbocycles. The Balaban J connectivity index is 1.95. The fourth-order valence-corrected chi connectivity index (χ4v) is 2.33. The molecule has 2 unspecified atom stereocenters. The molecule has 1 saturated heterocycles. The summed E-state index contributed by atoms with van der Waals surface area (Å²) in [4.78, 5) is 0. The van der Waals surface area contributed by atoms with E-state index in [1.54, 1.807) is 0 Å². The van der Waals surface area contributed by atoms with Gasteiger partial charge in [0, 0.05) is 0 Å². The lowest BCUT2D eigenvalue weighted by atomic mass is 10.1. The van der Waals surface area contributed by atoms with Crippen LogP contribution in [0.25, 0.3) is 0 Å². The first-order valence-electron chi connectivity index (χ1n) is 5.46. The molecule has 2 atom stereocenters. The second-order valence-electron chi connectivity index (χ2n) is 5.16. The summed E-state index contributed by atoms with van der Waals surface area (Å²) >= 11 is 0. The summed E-state index contributed by atoms with van der Waals surface area (Å²) in [5.41, 5.74) is 3.66. The smallest absolute Gasteiger partial charge is 0.113 e. The minimum Gasteiger partial charge on any atom is -0.360 e. The molecule has 1 aliphatic heterocycles. The van der Waals surface area contributed by atoms with Crippen LogP contribution in [0.15, 0.2) is 42.1 Å². The second kappa shape index (κ2) is 3.95. The second-order valence-corrected chi connectivity index (χ2v) is 10.2. The molecule has 0 bridgehead atoms. The summed E-state index contributed by atoms with van der Waals surface area (Å²) < 4.78 is 5.63. The molecule has 1 nitrogen and oxygen atoms in total. The number of rotatable bonds is 3. The van der Waals surface area contributed by atoms with Crippen molar-refractivity contribution in [1.29, 1.82) is 0 Å². The summed E-state index contributed by atoms with van der Waals surface area (Å²) in [5, 5.41) is 0. The van der Waals surface area contributed by atoms with E-state index < -0.39 is 8.07 Å². The minimum absolute atomic E-state index is 0.304. The lowest BCUT2D eigenvalue weighted by Gasteiger charge is -2.06. The fraction of sp³-hybridized carbons (Fsp3) is 0.385. The number of hydrogen-bond acceptors (Lipinski definition) is 1. The van der Waals surface area contributed by atoms with Gasteiger partial charge in [-0.1, -0.05) is 61.7 Å². The van der Waals surface area contributed by atoms with Gasteiger partial charge < -0.3 is 4.74 Å². The van der Waals surface area contributed by atoms with E-state index in [4.69, 9.17) is 4.74 Å². The molecule has 1 aliphatic rings. The third kappa shape index (κ3) is 3.04. The van der Waals surface area contributed by atoms with Gasteiger partial charge in [0.1, 0.15) is 12.2 Å². The van der Waals surface area contributed by atoms with Crippen molar-refractivity contribution in [3.63, 3.8) is 0 Å². The molecule has 1 aromatic rings. The summed E-state index contributed by atoms with van der Waals surface area (Å²) in [5.74, 6) is 0. The monoisotopic (exact) mass is 218 g/mol. The summed E-state index contributed by atoms with van der Waals surface area (Å²) in [6.07, 6.45) is 2.86. The molecule has 1 aromatic carbocycles. The van der Waals surface area contributed by atoms with E-state index in [0.717, 1.165) is 0 Å². The van der Waals surface area contributed by atoms with Crippen LogP contribution in [0.1, 0.15) is 11.7 Å². The molecule has 0 radical (unpaired) electrons. The zero-order valence-electron chi connectivity index (χ0n) is 9.60. The van der Waals surface area contributed by atoms with Crippen LogP contribution in [0, 0.1) is 0 Å². The van der Waals surface area contributed by atoms with E-state index >= 15 is 0 Å². The van der Waals surface area contributed by atoms with Crippen LogP contribution in [-0.2, 0) is 4.74 Å². The Hall–Kier alpha value is -0.863. The predicted molar refractivity (Wildman–Crippen MR) is 66.5 cm³/mol. The topological polar surface area (TPSA) is 12.5 Å². The van der Waals surface area contributed by atoms with Gasteiger partial charge in [-0.05, 0) is 5.56 Å². The Morgan fingerprint density at radius 2 is 1.80 bits per heavy atom. The van der Waals surface area contributed by atoms with E-state index in [-0.39, 0.29) is 0 Å². The van der Waals surface area contributed by atoms with E-state index in [9.17, 15) is 0 Å². The highest BCUT2D eigenvalue weighted by Gasteiger charge is 2.37.